The Bertz CT molecular complexity index is 2040. The fraction of sp³-hybridized carbons (Fsp3) is 0.400. The van der Waals surface area contributed by atoms with Crippen LogP contribution in [0.2, 0.25) is 0 Å². The van der Waals surface area contributed by atoms with E-state index in [2.05, 4.69) is 5.32 Å². The summed E-state index contributed by atoms with van der Waals surface area (Å²) in [6, 6.07) is 15.6. The lowest BCUT2D eigenvalue weighted by Gasteiger charge is -2.27. The van der Waals surface area contributed by atoms with Crippen LogP contribution in [0.25, 0.3) is 0 Å². The summed E-state index contributed by atoms with van der Waals surface area (Å²) < 4.78 is 58.0. The lowest BCUT2D eigenvalue weighted by Crippen LogP contribution is -2.54. The van der Waals surface area contributed by atoms with E-state index < -0.39 is 58.5 Å². The molecule has 0 radical (unpaired) electrons. The summed E-state index contributed by atoms with van der Waals surface area (Å²) >= 11 is 0. The standard InChI is InChI=1S/C40H39F3N4O8/c1-39(2)23-46(38(52)34(39)55-27-15-12-25(21-44)29(20-27)40(41,42)43)22-24-10-13-26(14-11-24)53-18-5-3-4-6-19-54-31-9-7-8-28-33(31)37(51)47(36(28)50)30-16-17-32(48)45-35(30)49/h7-15,20,30,34H,3-6,16-19,22-23H2,1-2H3,(H,45,48,49)/t30?,34-/m0/s1. The number of ether oxygens (including phenoxy) is 3. The van der Waals surface area contributed by atoms with Crippen LogP contribution in [0.1, 0.15) is 89.8 Å². The van der Waals surface area contributed by atoms with Crippen LogP contribution in [0.4, 0.5) is 13.2 Å². The van der Waals surface area contributed by atoms with Crippen molar-refractivity contribution in [2.45, 2.75) is 77.2 Å². The molecule has 288 valence electrons. The monoisotopic (exact) mass is 760 g/mol. The molecule has 1 unspecified atom stereocenters. The van der Waals surface area contributed by atoms with Gasteiger partial charge in [-0.2, -0.15) is 18.4 Å². The van der Waals surface area contributed by atoms with Crippen molar-refractivity contribution in [2.75, 3.05) is 19.8 Å². The van der Waals surface area contributed by atoms with Gasteiger partial charge in [-0.05, 0) is 80.1 Å². The van der Waals surface area contributed by atoms with Gasteiger partial charge >= 0.3 is 6.18 Å². The van der Waals surface area contributed by atoms with Crippen molar-refractivity contribution in [1.82, 2.24) is 15.1 Å². The highest BCUT2D eigenvalue weighted by molar-refractivity contribution is 6.24. The summed E-state index contributed by atoms with van der Waals surface area (Å²) in [5.41, 5.74) is -1.20. The van der Waals surface area contributed by atoms with Gasteiger partial charge in [-0.25, -0.2) is 0 Å². The van der Waals surface area contributed by atoms with Crippen LogP contribution in [0.5, 0.6) is 17.2 Å². The van der Waals surface area contributed by atoms with Gasteiger partial charge in [-0.15, -0.1) is 0 Å². The van der Waals surface area contributed by atoms with Crippen LogP contribution in [0.15, 0.2) is 60.7 Å². The molecule has 3 aromatic rings. The highest BCUT2D eigenvalue weighted by Crippen LogP contribution is 2.39. The summed E-state index contributed by atoms with van der Waals surface area (Å²) in [6.07, 6.45) is -2.50. The van der Waals surface area contributed by atoms with Crippen molar-refractivity contribution >= 4 is 29.5 Å². The van der Waals surface area contributed by atoms with Crippen LogP contribution in [-0.2, 0) is 27.1 Å². The van der Waals surface area contributed by atoms with Crippen molar-refractivity contribution in [3.63, 3.8) is 0 Å². The van der Waals surface area contributed by atoms with E-state index in [1.165, 1.54) is 18.2 Å². The number of benzene rings is 3. The molecular formula is C40H39F3N4O8. The first kappa shape index (κ1) is 38.8. The Morgan fingerprint density at radius 1 is 0.891 bits per heavy atom. The number of hydrogen-bond acceptors (Lipinski definition) is 9. The number of hydrogen-bond donors (Lipinski definition) is 1. The minimum absolute atomic E-state index is 0.0396. The lowest BCUT2D eigenvalue weighted by atomic mass is 9.89. The van der Waals surface area contributed by atoms with E-state index in [9.17, 15) is 37.1 Å². The van der Waals surface area contributed by atoms with Gasteiger partial charge in [0, 0.05) is 24.9 Å². The zero-order valence-electron chi connectivity index (χ0n) is 30.2. The number of halogens is 3. The van der Waals surface area contributed by atoms with Gasteiger partial charge in [0.05, 0.1) is 41.5 Å². The largest absolute Gasteiger partial charge is 0.494 e. The van der Waals surface area contributed by atoms with Gasteiger partial charge in [-0.3, -0.25) is 34.2 Å². The second kappa shape index (κ2) is 15.8. The number of likely N-dealkylation sites (tertiary alicyclic amines) is 1. The van der Waals surface area contributed by atoms with E-state index in [-0.39, 0.29) is 47.9 Å². The lowest BCUT2D eigenvalue weighted by molar-refractivity contribution is -0.138. The maximum absolute atomic E-state index is 13.5. The average Bonchev–Trinajstić information content (AvgIpc) is 3.52. The van der Waals surface area contributed by atoms with Crippen LogP contribution in [-0.4, -0.2) is 71.2 Å². The van der Waals surface area contributed by atoms with Gasteiger partial charge in [0.25, 0.3) is 17.7 Å². The van der Waals surface area contributed by atoms with Crippen LogP contribution in [0, 0.1) is 16.7 Å². The summed E-state index contributed by atoms with van der Waals surface area (Å²) in [7, 11) is 0. The summed E-state index contributed by atoms with van der Waals surface area (Å²) in [5, 5.41) is 11.3. The molecule has 0 spiro atoms. The van der Waals surface area contributed by atoms with Crippen molar-refractivity contribution < 1.29 is 51.4 Å². The Morgan fingerprint density at radius 3 is 2.25 bits per heavy atom. The third kappa shape index (κ3) is 8.43. The molecule has 0 aliphatic carbocycles. The predicted octanol–water partition coefficient (Wildman–Crippen LogP) is 5.81. The molecule has 2 atom stereocenters. The molecular weight excluding hydrogens is 721 g/mol. The molecule has 55 heavy (non-hydrogen) atoms. The van der Waals surface area contributed by atoms with Crippen molar-refractivity contribution in [3.8, 4) is 23.3 Å². The first-order valence-corrected chi connectivity index (χ1v) is 17.9. The minimum Gasteiger partial charge on any atom is -0.494 e. The molecule has 0 bridgehead atoms. The third-order valence-electron chi connectivity index (χ3n) is 9.81. The Labute approximate surface area is 315 Å². The molecule has 12 nitrogen and oxygen atoms in total. The second-order valence-electron chi connectivity index (χ2n) is 14.4. The normalized spacial score (nSPS) is 19.3. The third-order valence-corrected chi connectivity index (χ3v) is 9.81. The maximum Gasteiger partial charge on any atom is 0.417 e. The predicted molar refractivity (Wildman–Crippen MR) is 189 cm³/mol. The average molecular weight is 761 g/mol. The van der Waals surface area contributed by atoms with E-state index in [4.69, 9.17) is 19.5 Å². The molecule has 0 aromatic heterocycles. The van der Waals surface area contributed by atoms with Crippen molar-refractivity contribution in [1.29, 1.82) is 5.26 Å². The smallest absolute Gasteiger partial charge is 0.417 e. The number of nitrogens with one attached hydrogen (secondary N) is 1. The number of carbonyl (C=O) groups excluding carboxylic acids is 5. The van der Waals surface area contributed by atoms with Crippen LogP contribution in [0.3, 0.4) is 0 Å². The molecule has 3 heterocycles. The topological polar surface area (TPSA) is 155 Å². The van der Waals surface area contributed by atoms with E-state index in [1.807, 2.05) is 38.1 Å². The maximum atomic E-state index is 13.5. The summed E-state index contributed by atoms with van der Waals surface area (Å²) in [6.45, 7) is 5.03. The first-order chi connectivity index (χ1) is 26.2. The molecule has 3 aromatic carbocycles. The molecule has 5 amide bonds. The molecule has 3 aliphatic heterocycles. The zero-order chi connectivity index (χ0) is 39.5. The number of piperidine rings is 1. The van der Waals surface area contributed by atoms with E-state index >= 15 is 0 Å². The number of carbonyl (C=O) groups is 5. The van der Waals surface area contributed by atoms with E-state index in [0.29, 0.717) is 31.9 Å². The molecule has 6 rings (SSSR count). The van der Waals surface area contributed by atoms with Gasteiger partial charge in [0.1, 0.15) is 23.3 Å². The Balaban J connectivity index is 0.915. The second-order valence-corrected chi connectivity index (χ2v) is 14.4. The number of unbranched alkanes of at least 4 members (excludes halogenated alkanes) is 3. The van der Waals surface area contributed by atoms with Crippen LogP contribution < -0.4 is 19.5 Å². The Hall–Kier alpha value is -5.91. The molecule has 15 heteroatoms. The summed E-state index contributed by atoms with van der Waals surface area (Å²) in [4.78, 5) is 66.0. The highest BCUT2D eigenvalue weighted by Gasteiger charge is 2.49. The van der Waals surface area contributed by atoms with Gasteiger partial charge in [-0.1, -0.05) is 32.0 Å². The first-order valence-electron chi connectivity index (χ1n) is 17.9. The van der Waals surface area contributed by atoms with Crippen LogP contribution >= 0.6 is 0 Å². The van der Waals surface area contributed by atoms with Gasteiger partial charge in [0.2, 0.25) is 11.8 Å². The Kier molecular flexibility index (Phi) is 11.2. The molecule has 1 N–H and O–H groups in total. The number of rotatable bonds is 14. The van der Waals surface area contributed by atoms with E-state index in [1.54, 1.807) is 17.0 Å². The number of fused-ring (bicyclic) bond motifs is 1. The fourth-order valence-electron chi connectivity index (χ4n) is 7.01. The number of imide groups is 2. The molecule has 0 saturated carbocycles. The zero-order valence-corrected chi connectivity index (χ0v) is 30.2. The number of amides is 5. The van der Waals surface area contributed by atoms with E-state index in [0.717, 1.165) is 41.9 Å². The molecule has 2 saturated heterocycles. The minimum atomic E-state index is -4.74. The van der Waals surface area contributed by atoms with Gasteiger partial charge in [0.15, 0.2) is 6.10 Å². The number of alkyl halides is 3. The van der Waals surface area contributed by atoms with Crippen molar-refractivity contribution in [3.05, 3.63) is 88.5 Å². The SMILES string of the molecule is CC1(C)CN(Cc2ccc(OCCCCCCOc3cccc4c3C(=O)N(C3CCC(=O)NC3=O)C4=O)cc2)C(=O)[C@@H]1Oc1ccc(C#N)c(C(F)(F)F)c1. The molecule has 3 aliphatic rings. The molecule has 2 fully saturated rings. The Morgan fingerprint density at radius 2 is 1.58 bits per heavy atom. The fourth-order valence-corrected chi connectivity index (χ4v) is 7.01. The van der Waals surface area contributed by atoms with Crippen molar-refractivity contribution in [2.24, 2.45) is 5.41 Å². The van der Waals surface area contributed by atoms with Gasteiger partial charge < -0.3 is 19.1 Å². The number of nitrogens with zero attached hydrogens (tertiary/aromatic N) is 3. The number of nitriles is 1. The highest BCUT2D eigenvalue weighted by atomic mass is 19.4. The summed E-state index contributed by atoms with van der Waals surface area (Å²) in [5.74, 6) is -1.86. The quantitative estimate of drug-likeness (QED) is 0.158.